The van der Waals surface area contributed by atoms with Gasteiger partial charge in [0.15, 0.2) is 9.84 Å². The van der Waals surface area contributed by atoms with Crippen molar-refractivity contribution in [2.45, 2.75) is 16.6 Å². The van der Waals surface area contributed by atoms with E-state index < -0.39 is 26.9 Å². The van der Waals surface area contributed by atoms with Crippen LogP contribution in [-0.4, -0.2) is 26.8 Å². The minimum absolute atomic E-state index is 0.0474. The number of amides is 2. The minimum Gasteiger partial charge on any atom is -0.325 e. The molecular formula is C23H19BrN2O4S. The summed E-state index contributed by atoms with van der Waals surface area (Å²) in [5, 5.41) is 1.74. The number of benzene rings is 3. The SMILES string of the molecule is O=C(CN1C(=O)C[C@@H](c2ccccc2)S(=O)(=O)c2ccccc21)Nc1ccc(Br)cc1. The second kappa shape index (κ2) is 8.64. The third kappa shape index (κ3) is 4.40. The highest BCUT2D eigenvalue weighted by atomic mass is 79.9. The number of carbonyl (C=O) groups excluding carboxylic acids is 2. The molecule has 1 N–H and O–H groups in total. The van der Waals surface area contributed by atoms with Crippen LogP contribution in [0.2, 0.25) is 0 Å². The van der Waals surface area contributed by atoms with Crippen LogP contribution in [0.25, 0.3) is 0 Å². The molecule has 4 rings (SSSR count). The lowest BCUT2D eigenvalue weighted by Gasteiger charge is -2.21. The summed E-state index contributed by atoms with van der Waals surface area (Å²) in [5.41, 5.74) is 1.35. The van der Waals surface area contributed by atoms with Crippen molar-refractivity contribution < 1.29 is 18.0 Å². The van der Waals surface area contributed by atoms with Crippen molar-refractivity contribution in [3.8, 4) is 0 Å². The van der Waals surface area contributed by atoms with Crippen LogP contribution in [-0.2, 0) is 19.4 Å². The standard InChI is InChI=1S/C23H19BrN2O4S/c24-17-10-12-18(13-11-17)25-22(27)15-26-19-8-4-5-9-20(19)31(29,30)21(14-23(26)28)16-6-2-1-3-7-16/h1-13,21H,14-15H2,(H,25,27)/t21-/m0/s1. The fourth-order valence-electron chi connectivity index (χ4n) is 3.60. The summed E-state index contributed by atoms with van der Waals surface area (Å²) in [7, 11) is -3.84. The zero-order valence-corrected chi connectivity index (χ0v) is 18.8. The lowest BCUT2D eigenvalue weighted by atomic mass is 10.1. The molecule has 0 saturated heterocycles. The van der Waals surface area contributed by atoms with Crippen LogP contribution < -0.4 is 10.2 Å². The van der Waals surface area contributed by atoms with Gasteiger partial charge in [0.05, 0.1) is 15.8 Å². The summed E-state index contributed by atoms with van der Waals surface area (Å²) in [5.74, 6) is -0.839. The van der Waals surface area contributed by atoms with E-state index >= 15 is 0 Å². The molecule has 3 aromatic carbocycles. The normalized spacial score (nSPS) is 17.5. The van der Waals surface area contributed by atoms with Crippen molar-refractivity contribution in [1.82, 2.24) is 0 Å². The Morgan fingerprint density at radius 1 is 0.968 bits per heavy atom. The Balaban J connectivity index is 1.68. The van der Waals surface area contributed by atoms with Gasteiger partial charge in [-0.1, -0.05) is 58.4 Å². The summed E-state index contributed by atoms with van der Waals surface area (Å²) < 4.78 is 27.8. The second-order valence-corrected chi connectivity index (χ2v) is 10.2. The van der Waals surface area contributed by atoms with E-state index in [9.17, 15) is 18.0 Å². The molecule has 31 heavy (non-hydrogen) atoms. The Bertz CT molecular complexity index is 1230. The van der Waals surface area contributed by atoms with E-state index in [1.165, 1.54) is 11.0 Å². The molecule has 3 aromatic rings. The molecule has 0 aliphatic carbocycles. The number of rotatable bonds is 4. The average Bonchev–Trinajstić information content (AvgIpc) is 2.85. The zero-order valence-electron chi connectivity index (χ0n) is 16.4. The van der Waals surface area contributed by atoms with Crippen molar-refractivity contribution in [2.75, 3.05) is 16.8 Å². The van der Waals surface area contributed by atoms with Crippen LogP contribution in [0.1, 0.15) is 17.2 Å². The highest BCUT2D eigenvalue weighted by molar-refractivity contribution is 9.10. The summed E-state index contributed by atoms with van der Waals surface area (Å²) in [4.78, 5) is 27.1. The second-order valence-electron chi connectivity index (χ2n) is 7.15. The van der Waals surface area contributed by atoms with Gasteiger partial charge < -0.3 is 10.2 Å². The van der Waals surface area contributed by atoms with Gasteiger partial charge in [-0.3, -0.25) is 9.59 Å². The van der Waals surface area contributed by atoms with E-state index in [0.717, 1.165) is 4.47 Å². The number of anilines is 2. The number of halogens is 1. The van der Waals surface area contributed by atoms with Gasteiger partial charge in [-0.15, -0.1) is 0 Å². The maximum Gasteiger partial charge on any atom is 0.244 e. The van der Waals surface area contributed by atoms with Gasteiger partial charge in [0.1, 0.15) is 6.54 Å². The zero-order chi connectivity index (χ0) is 22.0. The molecule has 1 aliphatic rings. The van der Waals surface area contributed by atoms with Crippen LogP contribution in [0, 0.1) is 0 Å². The lowest BCUT2D eigenvalue weighted by Crippen LogP contribution is -2.38. The Labute approximate surface area is 188 Å². The third-order valence-corrected chi connectivity index (χ3v) is 7.77. The molecular weight excluding hydrogens is 480 g/mol. The Morgan fingerprint density at radius 2 is 1.61 bits per heavy atom. The van der Waals surface area contributed by atoms with Crippen molar-refractivity contribution in [1.29, 1.82) is 0 Å². The van der Waals surface area contributed by atoms with Gasteiger partial charge in [0.25, 0.3) is 0 Å². The van der Waals surface area contributed by atoms with Gasteiger partial charge in [-0.05, 0) is 42.0 Å². The van der Waals surface area contributed by atoms with E-state index in [1.54, 1.807) is 72.8 Å². The summed E-state index contributed by atoms with van der Waals surface area (Å²) in [6.45, 7) is -0.289. The van der Waals surface area contributed by atoms with Gasteiger partial charge >= 0.3 is 0 Å². The number of nitrogens with one attached hydrogen (secondary N) is 1. The number of sulfone groups is 1. The first-order valence-electron chi connectivity index (χ1n) is 9.60. The molecule has 0 aromatic heterocycles. The van der Waals surface area contributed by atoms with E-state index in [1.807, 2.05) is 0 Å². The van der Waals surface area contributed by atoms with E-state index in [0.29, 0.717) is 11.3 Å². The van der Waals surface area contributed by atoms with Crippen molar-refractivity contribution in [3.63, 3.8) is 0 Å². The summed E-state index contributed by atoms with van der Waals surface area (Å²) in [6, 6.07) is 22.1. The number of hydrogen-bond acceptors (Lipinski definition) is 4. The molecule has 0 fully saturated rings. The van der Waals surface area contributed by atoms with Crippen LogP contribution in [0.3, 0.4) is 0 Å². The molecule has 0 spiro atoms. The molecule has 2 amide bonds. The van der Waals surface area contributed by atoms with E-state index in [4.69, 9.17) is 0 Å². The predicted molar refractivity (Wildman–Crippen MR) is 123 cm³/mol. The fraction of sp³-hybridized carbons (Fsp3) is 0.130. The van der Waals surface area contributed by atoms with Gasteiger partial charge in [-0.25, -0.2) is 8.42 Å². The smallest absolute Gasteiger partial charge is 0.244 e. The monoisotopic (exact) mass is 498 g/mol. The number of hydrogen-bond donors (Lipinski definition) is 1. The fourth-order valence-corrected chi connectivity index (χ4v) is 5.79. The number of para-hydroxylation sites is 1. The van der Waals surface area contributed by atoms with Crippen molar-refractivity contribution >= 4 is 49.0 Å². The van der Waals surface area contributed by atoms with E-state index in [-0.39, 0.29) is 23.5 Å². The third-order valence-electron chi connectivity index (χ3n) is 5.10. The average molecular weight is 499 g/mol. The summed E-state index contributed by atoms with van der Waals surface area (Å²) in [6.07, 6.45) is -0.243. The van der Waals surface area contributed by atoms with Crippen LogP contribution in [0.15, 0.2) is 88.2 Å². The molecule has 1 atom stereocenters. The number of carbonyl (C=O) groups is 2. The highest BCUT2D eigenvalue weighted by Gasteiger charge is 2.39. The molecule has 1 aliphatic heterocycles. The molecule has 0 bridgehead atoms. The van der Waals surface area contributed by atoms with Crippen LogP contribution in [0.4, 0.5) is 11.4 Å². The maximum atomic E-state index is 13.4. The van der Waals surface area contributed by atoms with Gasteiger partial charge in [0.2, 0.25) is 11.8 Å². The molecule has 0 unspecified atom stereocenters. The molecule has 0 radical (unpaired) electrons. The number of nitrogens with zero attached hydrogens (tertiary/aromatic N) is 1. The minimum atomic E-state index is -3.84. The molecule has 1 heterocycles. The quantitative estimate of drug-likeness (QED) is 0.579. The maximum absolute atomic E-state index is 13.4. The first-order valence-corrected chi connectivity index (χ1v) is 11.9. The first kappa shape index (κ1) is 21.3. The molecule has 6 nitrogen and oxygen atoms in total. The van der Waals surface area contributed by atoms with Crippen molar-refractivity contribution in [2.24, 2.45) is 0 Å². The van der Waals surface area contributed by atoms with Crippen LogP contribution >= 0.6 is 15.9 Å². The van der Waals surface area contributed by atoms with Gasteiger partial charge in [-0.2, -0.15) is 0 Å². The predicted octanol–water partition coefficient (Wildman–Crippen LogP) is 4.34. The van der Waals surface area contributed by atoms with Crippen LogP contribution in [0.5, 0.6) is 0 Å². The molecule has 0 saturated carbocycles. The molecule has 8 heteroatoms. The Hall–Kier alpha value is -2.97. The largest absolute Gasteiger partial charge is 0.325 e. The first-order chi connectivity index (χ1) is 14.9. The van der Waals surface area contributed by atoms with Gasteiger partial charge in [0, 0.05) is 16.6 Å². The van der Waals surface area contributed by atoms with Crippen molar-refractivity contribution in [3.05, 3.63) is 88.9 Å². The topological polar surface area (TPSA) is 83.6 Å². The summed E-state index contributed by atoms with van der Waals surface area (Å²) >= 11 is 3.34. The number of fused-ring (bicyclic) bond motifs is 1. The van der Waals surface area contributed by atoms with E-state index in [2.05, 4.69) is 21.2 Å². The Morgan fingerprint density at radius 3 is 2.32 bits per heavy atom. The molecule has 158 valence electrons. The Kier molecular flexibility index (Phi) is 5.93. The highest BCUT2D eigenvalue weighted by Crippen LogP contribution is 2.40. The lowest BCUT2D eigenvalue weighted by molar-refractivity contribution is -0.121.